The zero-order valence-electron chi connectivity index (χ0n) is 14.9. The summed E-state index contributed by atoms with van der Waals surface area (Å²) >= 11 is 0. The van der Waals surface area contributed by atoms with E-state index in [1.165, 1.54) is 0 Å². The van der Waals surface area contributed by atoms with E-state index in [1.54, 1.807) is 12.3 Å². The smallest absolute Gasteiger partial charge is 0.259 e. The number of ether oxygens (including phenoxy) is 2. The molecule has 2 heterocycles. The molecule has 2 N–H and O–H groups in total. The zero-order valence-corrected chi connectivity index (χ0v) is 14.9. The third kappa shape index (κ3) is 3.57. The molecular weight excluding hydrogens is 344 g/mol. The van der Waals surface area contributed by atoms with E-state index in [-0.39, 0.29) is 19.2 Å². The summed E-state index contributed by atoms with van der Waals surface area (Å²) in [6.07, 6.45) is 3.71. The quantitative estimate of drug-likeness (QED) is 0.521. The van der Waals surface area contributed by atoms with Gasteiger partial charge in [0.1, 0.15) is 0 Å². The Labute approximate surface area is 156 Å². The molecule has 0 bridgehead atoms. The van der Waals surface area contributed by atoms with Crippen molar-refractivity contribution in [2.45, 2.75) is 13.5 Å². The fraction of sp³-hybridized carbons (Fsp3) is 0.200. The standard InChI is InChI=1S/C20H20N4O3/c1-2-24-12-14(16-5-3-4-6-17(16)24)10-22-23-20(25)11-21-15-7-8-18-19(9-15)27-13-26-18/h3-10,12,21H,2,11,13H2,1H3,(H,23,25)/b22-10-. The van der Waals surface area contributed by atoms with Crippen molar-refractivity contribution in [2.75, 3.05) is 18.7 Å². The lowest BCUT2D eigenvalue weighted by molar-refractivity contribution is -0.119. The number of carbonyl (C=O) groups is 1. The van der Waals surface area contributed by atoms with E-state index in [9.17, 15) is 4.79 Å². The van der Waals surface area contributed by atoms with Crippen molar-refractivity contribution < 1.29 is 14.3 Å². The van der Waals surface area contributed by atoms with Crippen molar-refractivity contribution in [2.24, 2.45) is 5.10 Å². The van der Waals surface area contributed by atoms with Gasteiger partial charge in [0.25, 0.3) is 5.91 Å². The average molecular weight is 364 g/mol. The van der Waals surface area contributed by atoms with Crippen LogP contribution in [0.4, 0.5) is 5.69 Å². The summed E-state index contributed by atoms with van der Waals surface area (Å²) in [5, 5.41) is 8.23. The van der Waals surface area contributed by atoms with Crippen LogP contribution in [0, 0.1) is 0 Å². The van der Waals surface area contributed by atoms with Gasteiger partial charge >= 0.3 is 0 Å². The van der Waals surface area contributed by atoms with Gasteiger partial charge in [0, 0.05) is 41.0 Å². The average Bonchev–Trinajstić information content (AvgIpc) is 3.30. The predicted octanol–water partition coefficient (Wildman–Crippen LogP) is 2.95. The van der Waals surface area contributed by atoms with Crippen LogP contribution < -0.4 is 20.2 Å². The second-order valence-electron chi connectivity index (χ2n) is 6.10. The molecule has 2 aromatic carbocycles. The Kier molecular flexibility index (Phi) is 4.65. The maximum atomic E-state index is 12.0. The first kappa shape index (κ1) is 17.0. The minimum absolute atomic E-state index is 0.105. The van der Waals surface area contributed by atoms with Gasteiger partial charge in [-0.05, 0) is 25.1 Å². The predicted molar refractivity (Wildman–Crippen MR) is 104 cm³/mol. The van der Waals surface area contributed by atoms with Gasteiger partial charge in [-0.3, -0.25) is 4.79 Å². The van der Waals surface area contributed by atoms with E-state index in [0.29, 0.717) is 11.5 Å². The van der Waals surface area contributed by atoms with Gasteiger partial charge in [-0.25, -0.2) is 5.43 Å². The molecule has 1 aromatic heterocycles. The first-order chi connectivity index (χ1) is 13.2. The Morgan fingerprint density at radius 3 is 2.96 bits per heavy atom. The van der Waals surface area contributed by atoms with Crippen LogP contribution in [0.25, 0.3) is 10.9 Å². The van der Waals surface area contributed by atoms with Gasteiger partial charge in [-0.1, -0.05) is 18.2 Å². The molecule has 0 aliphatic carbocycles. The lowest BCUT2D eigenvalue weighted by Crippen LogP contribution is -2.25. The normalized spacial score (nSPS) is 12.6. The molecule has 7 nitrogen and oxygen atoms in total. The number of nitrogens with one attached hydrogen (secondary N) is 2. The van der Waals surface area contributed by atoms with Gasteiger partial charge in [-0.15, -0.1) is 0 Å². The van der Waals surface area contributed by atoms with E-state index in [1.807, 2.05) is 36.5 Å². The Morgan fingerprint density at radius 1 is 1.22 bits per heavy atom. The number of aryl methyl sites for hydroxylation is 1. The molecule has 1 aliphatic rings. The van der Waals surface area contributed by atoms with E-state index in [2.05, 4.69) is 33.4 Å². The third-order valence-electron chi connectivity index (χ3n) is 4.38. The number of benzene rings is 2. The molecule has 27 heavy (non-hydrogen) atoms. The first-order valence-corrected chi connectivity index (χ1v) is 8.78. The number of fused-ring (bicyclic) bond motifs is 2. The summed E-state index contributed by atoms with van der Waals surface area (Å²) < 4.78 is 12.7. The van der Waals surface area contributed by atoms with Crippen LogP contribution in [0.3, 0.4) is 0 Å². The number of carbonyl (C=O) groups excluding carboxylic acids is 1. The van der Waals surface area contributed by atoms with Crippen molar-refractivity contribution in [1.29, 1.82) is 0 Å². The Balaban J connectivity index is 1.35. The Bertz CT molecular complexity index is 1010. The minimum atomic E-state index is -0.233. The second kappa shape index (κ2) is 7.41. The lowest BCUT2D eigenvalue weighted by atomic mass is 10.2. The van der Waals surface area contributed by atoms with E-state index in [0.717, 1.165) is 28.7 Å². The van der Waals surface area contributed by atoms with Crippen molar-refractivity contribution >= 4 is 28.7 Å². The third-order valence-corrected chi connectivity index (χ3v) is 4.38. The van der Waals surface area contributed by atoms with E-state index < -0.39 is 0 Å². The van der Waals surface area contributed by atoms with Gasteiger partial charge < -0.3 is 19.4 Å². The van der Waals surface area contributed by atoms with Crippen LogP contribution in [0.5, 0.6) is 11.5 Å². The SMILES string of the molecule is CCn1cc(/C=N\NC(=O)CNc2ccc3c(c2)OCO3)c2ccccc21. The molecule has 1 amide bonds. The molecule has 0 unspecified atom stereocenters. The van der Waals surface area contributed by atoms with Crippen LogP contribution in [0.1, 0.15) is 12.5 Å². The maximum Gasteiger partial charge on any atom is 0.259 e. The highest BCUT2D eigenvalue weighted by Crippen LogP contribution is 2.34. The molecule has 4 rings (SSSR count). The summed E-state index contributed by atoms with van der Waals surface area (Å²) in [5.41, 5.74) is 5.45. The van der Waals surface area contributed by atoms with Gasteiger partial charge in [0.05, 0.1) is 12.8 Å². The molecule has 0 spiro atoms. The zero-order chi connectivity index (χ0) is 18.6. The molecule has 0 saturated carbocycles. The highest BCUT2D eigenvalue weighted by atomic mass is 16.7. The van der Waals surface area contributed by atoms with Gasteiger partial charge in [-0.2, -0.15) is 5.10 Å². The van der Waals surface area contributed by atoms with Crippen LogP contribution in [-0.2, 0) is 11.3 Å². The summed E-state index contributed by atoms with van der Waals surface area (Å²) in [7, 11) is 0. The van der Waals surface area contributed by atoms with E-state index >= 15 is 0 Å². The number of hydrogen-bond acceptors (Lipinski definition) is 5. The first-order valence-electron chi connectivity index (χ1n) is 8.78. The highest BCUT2D eigenvalue weighted by molar-refractivity contribution is 5.99. The largest absolute Gasteiger partial charge is 0.454 e. The maximum absolute atomic E-state index is 12.0. The van der Waals surface area contributed by atoms with Crippen LogP contribution >= 0.6 is 0 Å². The Morgan fingerprint density at radius 2 is 2.07 bits per heavy atom. The molecular formula is C20H20N4O3. The highest BCUT2D eigenvalue weighted by Gasteiger charge is 2.13. The number of hydrazone groups is 1. The van der Waals surface area contributed by atoms with Gasteiger partial charge in [0.2, 0.25) is 6.79 Å². The molecule has 1 aliphatic heterocycles. The summed E-state index contributed by atoms with van der Waals surface area (Å²) in [6.45, 7) is 3.30. The van der Waals surface area contributed by atoms with E-state index in [4.69, 9.17) is 9.47 Å². The topological polar surface area (TPSA) is 76.9 Å². The molecule has 7 heteroatoms. The molecule has 0 saturated heterocycles. The number of nitrogens with zero attached hydrogens (tertiary/aromatic N) is 2. The monoisotopic (exact) mass is 364 g/mol. The molecule has 0 atom stereocenters. The van der Waals surface area contributed by atoms with Crippen molar-refractivity contribution in [3.8, 4) is 11.5 Å². The van der Waals surface area contributed by atoms with Crippen LogP contribution in [-0.4, -0.2) is 30.0 Å². The lowest BCUT2D eigenvalue weighted by Gasteiger charge is -2.06. The minimum Gasteiger partial charge on any atom is -0.454 e. The summed E-state index contributed by atoms with van der Waals surface area (Å²) in [4.78, 5) is 12.0. The molecule has 3 aromatic rings. The number of para-hydroxylation sites is 1. The van der Waals surface area contributed by atoms with Crippen LogP contribution in [0.15, 0.2) is 53.8 Å². The number of anilines is 1. The number of amides is 1. The van der Waals surface area contributed by atoms with Gasteiger partial charge in [0.15, 0.2) is 11.5 Å². The van der Waals surface area contributed by atoms with Crippen molar-refractivity contribution in [3.05, 3.63) is 54.2 Å². The summed E-state index contributed by atoms with van der Waals surface area (Å²) in [5.74, 6) is 1.15. The molecule has 0 fully saturated rings. The number of hydrogen-bond donors (Lipinski definition) is 2. The Hall–Kier alpha value is -3.48. The van der Waals surface area contributed by atoms with Crippen molar-refractivity contribution in [3.63, 3.8) is 0 Å². The second-order valence-corrected chi connectivity index (χ2v) is 6.10. The van der Waals surface area contributed by atoms with Crippen LogP contribution in [0.2, 0.25) is 0 Å². The number of aromatic nitrogens is 1. The molecule has 138 valence electrons. The number of rotatable bonds is 6. The molecule has 0 radical (unpaired) electrons. The van der Waals surface area contributed by atoms with Crippen molar-refractivity contribution in [1.82, 2.24) is 9.99 Å². The fourth-order valence-electron chi connectivity index (χ4n) is 3.04. The fourth-order valence-corrected chi connectivity index (χ4v) is 3.04. The summed E-state index contributed by atoms with van der Waals surface area (Å²) in [6, 6.07) is 13.6.